The van der Waals surface area contributed by atoms with Gasteiger partial charge in [0.2, 0.25) is 0 Å². The van der Waals surface area contributed by atoms with E-state index in [2.05, 4.69) is 18.7 Å². The number of rotatable bonds is 7. The van der Waals surface area contributed by atoms with Crippen LogP contribution in [0.5, 0.6) is 5.75 Å². The molecule has 4 rings (SSSR count). The number of halogens is 3. The van der Waals surface area contributed by atoms with E-state index < -0.39 is 17.7 Å². The Kier molecular flexibility index (Phi) is 7.94. The second-order valence-electron chi connectivity index (χ2n) is 10.4. The van der Waals surface area contributed by atoms with Crippen LogP contribution in [-0.2, 0) is 11.0 Å². The largest absolute Gasteiger partial charge is 0.490 e. The zero-order chi connectivity index (χ0) is 25.2. The fourth-order valence-corrected chi connectivity index (χ4v) is 5.95. The number of aliphatic carboxylic acids is 1. The van der Waals surface area contributed by atoms with Gasteiger partial charge in [-0.15, -0.1) is 0 Å². The van der Waals surface area contributed by atoms with Crippen molar-refractivity contribution < 1.29 is 27.8 Å². The highest BCUT2D eigenvalue weighted by atomic mass is 19.4. The fraction of sp³-hybridized carbons (Fsp3) is 0.607. The van der Waals surface area contributed by atoms with E-state index in [1.807, 2.05) is 6.07 Å². The van der Waals surface area contributed by atoms with Gasteiger partial charge in [-0.1, -0.05) is 32.0 Å². The van der Waals surface area contributed by atoms with Gasteiger partial charge >= 0.3 is 12.1 Å². The first kappa shape index (κ1) is 25.8. The lowest BCUT2D eigenvalue weighted by Gasteiger charge is -2.38. The molecule has 1 saturated heterocycles. The van der Waals surface area contributed by atoms with Crippen molar-refractivity contribution in [3.05, 3.63) is 41.5 Å². The number of carboxylic acid groups (broad SMARTS) is 1. The van der Waals surface area contributed by atoms with Crippen LogP contribution in [0.1, 0.15) is 82.4 Å². The van der Waals surface area contributed by atoms with E-state index in [9.17, 15) is 23.1 Å². The van der Waals surface area contributed by atoms with Gasteiger partial charge in [-0.2, -0.15) is 13.2 Å². The number of piperidine rings is 1. The Hall–Kier alpha value is -2.28. The van der Waals surface area contributed by atoms with Crippen molar-refractivity contribution in [1.82, 2.24) is 4.90 Å². The number of alkyl halides is 3. The van der Waals surface area contributed by atoms with Crippen molar-refractivity contribution in [3.63, 3.8) is 0 Å². The third kappa shape index (κ3) is 6.11. The van der Waals surface area contributed by atoms with Crippen LogP contribution in [0.4, 0.5) is 13.2 Å². The van der Waals surface area contributed by atoms with E-state index in [-0.39, 0.29) is 35.6 Å². The molecule has 2 aromatic rings. The number of nitrogens with zero attached hydrogens (tertiary/aromatic N) is 1. The van der Waals surface area contributed by atoms with E-state index >= 15 is 0 Å². The maximum Gasteiger partial charge on any atom is 0.420 e. The highest BCUT2D eigenvalue weighted by molar-refractivity contribution is 5.89. The lowest BCUT2D eigenvalue weighted by Crippen LogP contribution is -2.38. The minimum Gasteiger partial charge on any atom is -0.490 e. The van der Waals surface area contributed by atoms with E-state index in [4.69, 9.17) is 4.74 Å². The summed E-state index contributed by atoms with van der Waals surface area (Å²) in [4.78, 5) is 13.5. The molecule has 1 saturated carbocycles. The number of carbonyl (C=O) groups is 1. The molecule has 4 nitrogen and oxygen atoms in total. The molecule has 0 spiro atoms. The summed E-state index contributed by atoms with van der Waals surface area (Å²) in [5.74, 6) is -0.152. The molecule has 0 radical (unpaired) electrons. The average Bonchev–Trinajstić information content (AvgIpc) is 2.80. The number of benzene rings is 2. The maximum absolute atomic E-state index is 14.2. The third-order valence-electron chi connectivity index (χ3n) is 7.77. The van der Waals surface area contributed by atoms with Crippen molar-refractivity contribution in [2.75, 3.05) is 13.1 Å². The van der Waals surface area contributed by atoms with Gasteiger partial charge in [0.1, 0.15) is 11.3 Å². The molecule has 7 heteroatoms. The first-order valence-electron chi connectivity index (χ1n) is 12.9. The molecule has 1 heterocycles. The van der Waals surface area contributed by atoms with Gasteiger partial charge in [-0.25, -0.2) is 0 Å². The van der Waals surface area contributed by atoms with Crippen LogP contribution in [-0.4, -0.2) is 35.2 Å². The fourth-order valence-electron chi connectivity index (χ4n) is 5.95. The Morgan fingerprint density at radius 1 is 1.14 bits per heavy atom. The summed E-state index contributed by atoms with van der Waals surface area (Å²) in [5.41, 5.74) is 0.284. The second kappa shape index (κ2) is 10.8. The molecule has 0 amide bonds. The third-order valence-corrected chi connectivity index (χ3v) is 7.77. The minimum absolute atomic E-state index is 0.0467. The first-order chi connectivity index (χ1) is 16.7. The lowest BCUT2D eigenvalue weighted by atomic mass is 9.89. The number of hydrogen-bond acceptors (Lipinski definition) is 3. The Bertz CT molecular complexity index is 1030. The van der Waals surface area contributed by atoms with Crippen LogP contribution in [0.15, 0.2) is 30.3 Å². The number of carboxylic acids is 1. The number of ether oxygens (including phenoxy) is 1. The number of likely N-dealkylation sites (tertiary alicyclic amines) is 1. The Labute approximate surface area is 205 Å². The van der Waals surface area contributed by atoms with E-state index in [0.717, 1.165) is 57.1 Å². The van der Waals surface area contributed by atoms with Crippen molar-refractivity contribution in [2.45, 2.75) is 83.5 Å². The molecule has 0 bridgehead atoms. The monoisotopic (exact) mass is 491 g/mol. The first-order valence-corrected chi connectivity index (χ1v) is 12.9. The van der Waals surface area contributed by atoms with Crippen molar-refractivity contribution in [1.29, 1.82) is 0 Å². The van der Waals surface area contributed by atoms with Crippen LogP contribution in [0.25, 0.3) is 10.8 Å². The summed E-state index contributed by atoms with van der Waals surface area (Å²) in [6.45, 7) is 5.81. The van der Waals surface area contributed by atoms with Crippen molar-refractivity contribution in [3.8, 4) is 5.75 Å². The topological polar surface area (TPSA) is 49.8 Å². The molecular weight excluding hydrogens is 455 g/mol. The molecule has 2 fully saturated rings. The van der Waals surface area contributed by atoms with Crippen LogP contribution in [0.2, 0.25) is 0 Å². The van der Waals surface area contributed by atoms with Gasteiger partial charge in [0.25, 0.3) is 0 Å². The summed E-state index contributed by atoms with van der Waals surface area (Å²) < 4.78 is 48.6. The number of fused-ring (bicyclic) bond motifs is 1. The van der Waals surface area contributed by atoms with Crippen molar-refractivity contribution in [2.24, 2.45) is 11.8 Å². The molecule has 0 aromatic heterocycles. The SMILES string of the molecule is CC[C@H](c1ccc2c(C(F)(F)F)c(OC3CCC(C)CC3)ccc2c1)N1CCC[C@H](CC(=O)O)C1. The Balaban J connectivity index is 1.62. The number of hydrogen-bond donors (Lipinski definition) is 1. The summed E-state index contributed by atoms with van der Waals surface area (Å²) in [6.07, 6.45) is 1.62. The van der Waals surface area contributed by atoms with Gasteiger partial charge in [-0.05, 0) is 91.8 Å². The average molecular weight is 492 g/mol. The van der Waals surface area contributed by atoms with Gasteiger partial charge in [0.05, 0.1) is 6.10 Å². The summed E-state index contributed by atoms with van der Waals surface area (Å²) in [5, 5.41) is 9.91. The molecule has 1 aliphatic carbocycles. The van der Waals surface area contributed by atoms with E-state index in [1.165, 1.54) is 6.07 Å². The second-order valence-corrected chi connectivity index (χ2v) is 10.4. The van der Waals surface area contributed by atoms with Crippen LogP contribution < -0.4 is 4.74 Å². The predicted molar refractivity (Wildman–Crippen MR) is 131 cm³/mol. The summed E-state index contributed by atoms with van der Waals surface area (Å²) >= 11 is 0. The van der Waals surface area contributed by atoms with Gasteiger partial charge in [-0.3, -0.25) is 9.69 Å². The minimum atomic E-state index is -4.51. The normalized spacial score (nSPS) is 24.9. The van der Waals surface area contributed by atoms with E-state index in [1.54, 1.807) is 18.2 Å². The van der Waals surface area contributed by atoms with Crippen LogP contribution >= 0.6 is 0 Å². The zero-order valence-electron chi connectivity index (χ0n) is 20.6. The zero-order valence-corrected chi connectivity index (χ0v) is 20.6. The maximum atomic E-state index is 14.2. The molecule has 2 atom stereocenters. The van der Waals surface area contributed by atoms with E-state index in [0.29, 0.717) is 17.8 Å². The molecule has 1 aliphatic heterocycles. The predicted octanol–water partition coefficient (Wildman–Crippen LogP) is 7.45. The quantitative estimate of drug-likeness (QED) is 0.437. The Morgan fingerprint density at radius 3 is 2.54 bits per heavy atom. The molecule has 0 unspecified atom stereocenters. The van der Waals surface area contributed by atoms with Gasteiger partial charge in [0, 0.05) is 19.0 Å². The smallest absolute Gasteiger partial charge is 0.420 e. The molecular formula is C28H36F3NO3. The Morgan fingerprint density at radius 2 is 1.89 bits per heavy atom. The van der Waals surface area contributed by atoms with Crippen LogP contribution in [0, 0.1) is 11.8 Å². The highest BCUT2D eigenvalue weighted by Crippen LogP contribution is 2.43. The molecule has 1 N–H and O–H groups in total. The van der Waals surface area contributed by atoms with Gasteiger partial charge in [0.15, 0.2) is 0 Å². The summed E-state index contributed by atoms with van der Waals surface area (Å²) in [7, 11) is 0. The molecule has 2 aromatic carbocycles. The highest BCUT2D eigenvalue weighted by Gasteiger charge is 2.37. The lowest BCUT2D eigenvalue weighted by molar-refractivity contribution is -0.139. The molecule has 192 valence electrons. The molecule has 2 aliphatic rings. The molecule has 35 heavy (non-hydrogen) atoms. The van der Waals surface area contributed by atoms with Crippen LogP contribution in [0.3, 0.4) is 0 Å². The standard InChI is InChI=1S/C28H36F3NO3/c1-3-24(32-14-4-5-19(17-32)15-26(33)34)21-8-12-23-20(16-21)9-13-25(27(23)28(29,30)31)35-22-10-6-18(2)7-11-22/h8-9,12-13,16,18-19,22,24H,3-7,10-11,14-15,17H2,1-2H3,(H,33,34)/t18?,19-,22?,24-/m1/s1. The van der Waals surface area contributed by atoms with Gasteiger partial charge < -0.3 is 9.84 Å². The summed E-state index contributed by atoms with van der Waals surface area (Å²) in [6, 6.07) is 8.53. The van der Waals surface area contributed by atoms with Crippen molar-refractivity contribution >= 4 is 16.7 Å².